The van der Waals surface area contributed by atoms with Crippen molar-refractivity contribution < 1.29 is 4.39 Å². The number of rotatable bonds is 1. The minimum Gasteiger partial charge on any atom is -0.244 e. The maximum absolute atomic E-state index is 13.4. The van der Waals surface area contributed by atoms with Crippen LogP contribution in [-0.2, 0) is 0 Å². The van der Waals surface area contributed by atoms with Crippen LogP contribution in [0.25, 0.3) is 21.9 Å². The molecular weight excluding hydrogens is 261 g/mol. The number of hydrogen-bond acceptors (Lipinski definition) is 1. The summed E-state index contributed by atoms with van der Waals surface area (Å²) in [4.78, 5) is 4.07. The van der Waals surface area contributed by atoms with Gasteiger partial charge >= 0.3 is 0 Å². The first-order chi connectivity index (χ1) is 9.13. The van der Waals surface area contributed by atoms with Gasteiger partial charge in [-0.25, -0.2) is 9.37 Å². The Morgan fingerprint density at radius 2 is 1.84 bits per heavy atom. The van der Waals surface area contributed by atoms with Crippen molar-refractivity contribution in [3.8, 4) is 11.1 Å². The fourth-order valence-corrected chi connectivity index (χ4v) is 2.35. The van der Waals surface area contributed by atoms with Gasteiger partial charge in [-0.3, -0.25) is 0 Å². The van der Waals surface area contributed by atoms with Crippen LogP contribution in [0, 0.1) is 12.7 Å². The van der Waals surface area contributed by atoms with E-state index in [2.05, 4.69) is 4.98 Å². The molecule has 0 N–H and O–H groups in total. The molecule has 2 aromatic carbocycles. The number of halogens is 2. The molecule has 0 aliphatic carbocycles. The van der Waals surface area contributed by atoms with Crippen LogP contribution < -0.4 is 0 Å². The van der Waals surface area contributed by atoms with Crippen molar-refractivity contribution in [2.75, 3.05) is 0 Å². The van der Waals surface area contributed by atoms with Gasteiger partial charge in [0.1, 0.15) is 11.0 Å². The lowest BCUT2D eigenvalue weighted by atomic mass is 9.98. The highest BCUT2D eigenvalue weighted by Gasteiger charge is 2.05. The van der Waals surface area contributed by atoms with Crippen LogP contribution in [0.3, 0.4) is 0 Å². The van der Waals surface area contributed by atoms with Crippen molar-refractivity contribution in [1.29, 1.82) is 0 Å². The van der Waals surface area contributed by atoms with E-state index in [0.717, 1.165) is 27.5 Å². The number of aromatic nitrogens is 1. The van der Waals surface area contributed by atoms with Gasteiger partial charge in [0.25, 0.3) is 0 Å². The summed E-state index contributed by atoms with van der Waals surface area (Å²) in [6.07, 6.45) is 1.73. The standard InChI is InChI=1S/C16H11ClFN/c1-10-2-5-14(18)8-15(10)12-4-3-11-7-16(17)19-9-13(11)6-12/h2-9H,1H3. The van der Waals surface area contributed by atoms with Crippen LogP contribution in [0.2, 0.25) is 5.15 Å². The molecule has 19 heavy (non-hydrogen) atoms. The molecule has 0 atom stereocenters. The molecule has 0 radical (unpaired) electrons. The predicted molar refractivity (Wildman–Crippen MR) is 76.9 cm³/mol. The van der Waals surface area contributed by atoms with Gasteiger partial charge in [-0.15, -0.1) is 0 Å². The van der Waals surface area contributed by atoms with Gasteiger partial charge in [0.05, 0.1) is 0 Å². The molecule has 0 unspecified atom stereocenters. The Morgan fingerprint density at radius 3 is 2.68 bits per heavy atom. The molecule has 0 aliphatic heterocycles. The number of aryl methyl sites for hydroxylation is 1. The van der Waals surface area contributed by atoms with Gasteiger partial charge in [-0.05, 0) is 53.3 Å². The summed E-state index contributed by atoms with van der Waals surface area (Å²) < 4.78 is 13.4. The molecule has 0 aliphatic rings. The zero-order chi connectivity index (χ0) is 13.4. The highest BCUT2D eigenvalue weighted by molar-refractivity contribution is 6.30. The molecule has 0 fully saturated rings. The first-order valence-electron chi connectivity index (χ1n) is 5.95. The van der Waals surface area contributed by atoms with E-state index in [1.54, 1.807) is 18.3 Å². The minimum atomic E-state index is -0.227. The maximum atomic E-state index is 13.4. The van der Waals surface area contributed by atoms with Crippen molar-refractivity contribution in [3.63, 3.8) is 0 Å². The molecule has 0 bridgehead atoms. The van der Waals surface area contributed by atoms with Crippen molar-refractivity contribution in [1.82, 2.24) is 4.98 Å². The second kappa shape index (κ2) is 4.63. The Bertz CT molecular complexity index is 768. The topological polar surface area (TPSA) is 12.9 Å². The molecule has 94 valence electrons. The summed E-state index contributed by atoms with van der Waals surface area (Å²) in [6, 6.07) is 12.6. The van der Waals surface area contributed by atoms with Crippen LogP contribution in [0.15, 0.2) is 48.7 Å². The van der Waals surface area contributed by atoms with Crippen molar-refractivity contribution in [2.45, 2.75) is 6.92 Å². The van der Waals surface area contributed by atoms with E-state index < -0.39 is 0 Å². The third kappa shape index (κ3) is 2.32. The predicted octanol–water partition coefficient (Wildman–Crippen LogP) is 5.00. The molecule has 3 aromatic rings. The molecule has 0 saturated heterocycles. The van der Waals surface area contributed by atoms with Crippen LogP contribution in [0.4, 0.5) is 4.39 Å². The summed E-state index contributed by atoms with van der Waals surface area (Å²) in [5.74, 6) is -0.227. The van der Waals surface area contributed by atoms with E-state index in [1.807, 2.05) is 31.2 Å². The van der Waals surface area contributed by atoms with E-state index in [9.17, 15) is 4.39 Å². The van der Waals surface area contributed by atoms with Crippen molar-refractivity contribution in [2.24, 2.45) is 0 Å². The minimum absolute atomic E-state index is 0.227. The van der Waals surface area contributed by atoms with Gasteiger partial charge in [0.15, 0.2) is 0 Å². The molecular formula is C16H11ClFN. The van der Waals surface area contributed by atoms with Crippen molar-refractivity contribution in [3.05, 3.63) is 65.2 Å². The van der Waals surface area contributed by atoms with Crippen LogP contribution >= 0.6 is 11.6 Å². The summed E-state index contributed by atoms with van der Waals surface area (Å²) in [5.41, 5.74) is 2.92. The van der Waals surface area contributed by atoms with Crippen LogP contribution in [0.5, 0.6) is 0 Å². The molecule has 3 rings (SSSR count). The molecule has 1 nitrogen and oxygen atoms in total. The van der Waals surface area contributed by atoms with E-state index >= 15 is 0 Å². The Hall–Kier alpha value is -1.93. The Morgan fingerprint density at radius 1 is 1.00 bits per heavy atom. The summed E-state index contributed by atoms with van der Waals surface area (Å²) in [6.45, 7) is 1.97. The number of nitrogens with zero attached hydrogens (tertiary/aromatic N) is 1. The SMILES string of the molecule is Cc1ccc(F)cc1-c1ccc2cc(Cl)ncc2c1. The Kier molecular flexibility index (Phi) is 2.96. The zero-order valence-electron chi connectivity index (χ0n) is 10.3. The largest absolute Gasteiger partial charge is 0.244 e. The summed E-state index contributed by atoms with van der Waals surface area (Å²) >= 11 is 5.86. The van der Waals surface area contributed by atoms with Gasteiger partial charge in [-0.1, -0.05) is 29.8 Å². The fourth-order valence-electron chi connectivity index (χ4n) is 2.19. The number of fused-ring (bicyclic) bond motifs is 1. The normalized spacial score (nSPS) is 10.9. The number of hydrogen-bond donors (Lipinski definition) is 0. The highest BCUT2D eigenvalue weighted by Crippen LogP contribution is 2.28. The molecule has 1 aromatic heterocycles. The lowest BCUT2D eigenvalue weighted by Gasteiger charge is -2.07. The Balaban J connectivity index is 2.20. The lowest BCUT2D eigenvalue weighted by molar-refractivity contribution is 0.628. The molecule has 0 saturated carbocycles. The van der Waals surface area contributed by atoms with Gasteiger partial charge in [0.2, 0.25) is 0 Å². The number of benzene rings is 2. The molecule has 1 heterocycles. The second-order valence-corrected chi connectivity index (χ2v) is 4.92. The first-order valence-corrected chi connectivity index (χ1v) is 6.33. The summed E-state index contributed by atoms with van der Waals surface area (Å²) in [7, 11) is 0. The number of pyridine rings is 1. The average Bonchev–Trinajstić information content (AvgIpc) is 2.41. The van der Waals surface area contributed by atoms with E-state index in [4.69, 9.17) is 11.6 Å². The Labute approximate surface area is 115 Å². The fraction of sp³-hybridized carbons (Fsp3) is 0.0625. The highest BCUT2D eigenvalue weighted by atomic mass is 35.5. The van der Waals surface area contributed by atoms with Gasteiger partial charge in [-0.2, -0.15) is 0 Å². The third-order valence-corrected chi connectivity index (χ3v) is 3.41. The van der Waals surface area contributed by atoms with Crippen molar-refractivity contribution >= 4 is 22.4 Å². The molecule has 0 amide bonds. The van der Waals surface area contributed by atoms with Gasteiger partial charge in [0, 0.05) is 11.6 Å². The monoisotopic (exact) mass is 271 g/mol. The summed E-state index contributed by atoms with van der Waals surface area (Å²) in [5, 5.41) is 2.49. The second-order valence-electron chi connectivity index (χ2n) is 4.53. The molecule has 0 spiro atoms. The third-order valence-electron chi connectivity index (χ3n) is 3.20. The average molecular weight is 272 g/mol. The van der Waals surface area contributed by atoms with Crippen LogP contribution in [-0.4, -0.2) is 4.98 Å². The first kappa shape index (κ1) is 12.1. The lowest BCUT2D eigenvalue weighted by Crippen LogP contribution is -1.86. The smallest absolute Gasteiger partial charge is 0.129 e. The van der Waals surface area contributed by atoms with E-state index in [1.165, 1.54) is 6.07 Å². The van der Waals surface area contributed by atoms with Gasteiger partial charge < -0.3 is 0 Å². The van der Waals surface area contributed by atoms with Crippen LogP contribution in [0.1, 0.15) is 5.56 Å². The maximum Gasteiger partial charge on any atom is 0.129 e. The van der Waals surface area contributed by atoms with E-state index in [-0.39, 0.29) is 5.82 Å². The van der Waals surface area contributed by atoms with E-state index in [0.29, 0.717) is 5.15 Å². The zero-order valence-corrected chi connectivity index (χ0v) is 11.1. The molecule has 3 heteroatoms. The quantitative estimate of drug-likeness (QED) is 0.567.